The average Bonchev–Trinajstić information content (AvgIpc) is 2.74. The van der Waals surface area contributed by atoms with Crippen LogP contribution in [0.2, 0.25) is 0 Å². The number of benzene rings is 2. The van der Waals surface area contributed by atoms with Crippen LogP contribution >= 0.6 is 11.8 Å². The molecule has 0 aliphatic carbocycles. The lowest BCUT2D eigenvalue weighted by Crippen LogP contribution is -2.37. The van der Waals surface area contributed by atoms with Crippen molar-refractivity contribution in [2.45, 2.75) is 26.4 Å². The fraction of sp³-hybridized carbons (Fsp3) is 0.318. The Kier molecular flexibility index (Phi) is 9.28. The highest BCUT2D eigenvalue weighted by atomic mass is 32.2. The van der Waals surface area contributed by atoms with E-state index in [1.807, 2.05) is 60.7 Å². The fourth-order valence-corrected chi connectivity index (χ4v) is 3.37. The second-order valence-corrected chi connectivity index (χ2v) is 7.36. The largest absolute Gasteiger partial charge is 0.460 e. The predicted molar refractivity (Wildman–Crippen MR) is 111 cm³/mol. The lowest BCUT2D eigenvalue weighted by Gasteiger charge is -2.16. The van der Waals surface area contributed by atoms with Crippen molar-refractivity contribution in [3.05, 3.63) is 71.8 Å². The normalized spacial score (nSPS) is 11.5. The Morgan fingerprint density at radius 2 is 1.57 bits per heavy atom. The van der Waals surface area contributed by atoms with Crippen molar-refractivity contribution in [2.75, 3.05) is 12.3 Å². The molecule has 5 nitrogen and oxygen atoms in total. The summed E-state index contributed by atoms with van der Waals surface area (Å²) < 4.78 is 5.18. The number of amides is 1. The van der Waals surface area contributed by atoms with Gasteiger partial charge in [0.25, 0.3) is 0 Å². The topological polar surface area (TPSA) is 72.5 Å². The third-order valence-electron chi connectivity index (χ3n) is 4.08. The summed E-state index contributed by atoms with van der Waals surface area (Å²) in [6.45, 7) is 1.78. The van der Waals surface area contributed by atoms with E-state index in [4.69, 9.17) is 4.74 Å². The van der Waals surface area contributed by atoms with Crippen LogP contribution in [0.3, 0.4) is 0 Å². The van der Waals surface area contributed by atoms with Crippen LogP contribution < -0.4 is 5.32 Å². The van der Waals surface area contributed by atoms with E-state index in [2.05, 4.69) is 5.32 Å². The van der Waals surface area contributed by atoms with Crippen molar-refractivity contribution in [1.82, 2.24) is 5.32 Å². The quantitative estimate of drug-likeness (QED) is 0.620. The third kappa shape index (κ3) is 7.96. The van der Waals surface area contributed by atoms with E-state index < -0.39 is 11.9 Å². The maximum atomic E-state index is 12.6. The van der Waals surface area contributed by atoms with Gasteiger partial charge in [-0.3, -0.25) is 14.4 Å². The summed E-state index contributed by atoms with van der Waals surface area (Å²) in [5.74, 6) is -0.762. The van der Waals surface area contributed by atoms with Gasteiger partial charge >= 0.3 is 5.97 Å². The van der Waals surface area contributed by atoms with E-state index in [9.17, 15) is 14.4 Å². The van der Waals surface area contributed by atoms with E-state index in [0.29, 0.717) is 18.6 Å². The van der Waals surface area contributed by atoms with Gasteiger partial charge in [0, 0.05) is 12.2 Å². The Bertz CT molecular complexity index is 765. The Balaban J connectivity index is 1.85. The molecule has 2 rings (SSSR count). The van der Waals surface area contributed by atoms with E-state index in [-0.39, 0.29) is 24.2 Å². The van der Waals surface area contributed by atoms with Crippen molar-refractivity contribution in [3.8, 4) is 0 Å². The molecule has 0 saturated carbocycles. The molecular formula is C22H25NO4S. The maximum Gasteiger partial charge on any atom is 0.325 e. The van der Waals surface area contributed by atoms with Crippen molar-refractivity contribution in [2.24, 2.45) is 5.92 Å². The van der Waals surface area contributed by atoms with Crippen LogP contribution in [0.15, 0.2) is 60.7 Å². The minimum Gasteiger partial charge on any atom is -0.460 e. The summed E-state index contributed by atoms with van der Waals surface area (Å²) in [6.07, 6.45) is 0.936. The zero-order chi connectivity index (χ0) is 20.2. The standard InChI is InChI=1S/C22H25NO4S/c1-2-21(25)28-16-19(13-17-9-5-3-6-10-17)22(26)23-14-20(24)27-15-18-11-7-4-8-12-18/h3-12,19H,2,13-16H2,1H3,(H,23,26)/t19-/m0/s1. The number of carbonyl (C=O) groups is 3. The Morgan fingerprint density at radius 1 is 0.964 bits per heavy atom. The van der Waals surface area contributed by atoms with Gasteiger partial charge in [0.2, 0.25) is 5.91 Å². The van der Waals surface area contributed by atoms with Crippen LogP contribution in [0, 0.1) is 5.92 Å². The summed E-state index contributed by atoms with van der Waals surface area (Å²) in [5, 5.41) is 2.69. The second-order valence-electron chi connectivity index (χ2n) is 6.29. The first-order valence-electron chi connectivity index (χ1n) is 9.25. The van der Waals surface area contributed by atoms with Crippen molar-refractivity contribution >= 4 is 28.8 Å². The zero-order valence-corrected chi connectivity index (χ0v) is 16.7. The predicted octanol–water partition coefficient (Wildman–Crippen LogP) is 3.37. The number of esters is 1. The lowest BCUT2D eigenvalue weighted by atomic mass is 10.0. The molecule has 0 bridgehead atoms. The first kappa shape index (κ1) is 21.7. The molecule has 0 aliphatic heterocycles. The molecule has 0 aliphatic rings. The van der Waals surface area contributed by atoms with Crippen LogP contribution in [0.25, 0.3) is 0 Å². The number of rotatable bonds is 10. The highest BCUT2D eigenvalue weighted by Gasteiger charge is 2.21. The second kappa shape index (κ2) is 12.0. The number of carbonyl (C=O) groups excluding carboxylic acids is 3. The minimum absolute atomic E-state index is 0.0492. The van der Waals surface area contributed by atoms with E-state index in [1.54, 1.807) is 6.92 Å². The van der Waals surface area contributed by atoms with Gasteiger partial charge in [0.15, 0.2) is 5.12 Å². The van der Waals surface area contributed by atoms with Gasteiger partial charge in [0.05, 0.1) is 5.92 Å². The van der Waals surface area contributed by atoms with E-state index in [0.717, 1.165) is 22.9 Å². The lowest BCUT2D eigenvalue weighted by molar-refractivity contribution is -0.145. The number of thioether (sulfide) groups is 1. The van der Waals surface area contributed by atoms with Gasteiger partial charge in [-0.05, 0) is 17.5 Å². The van der Waals surface area contributed by atoms with Crippen LogP contribution in [-0.2, 0) is 32.1 Å². The van der Waals surface area contributed by atoms with Crippen LogP contribution in [0.5, 0.6) is 0 Å². The molecule has 1 N–H and O–H groups in total. The molecule has 1 atom stereocenters. The summed E-state index contributed by atoms with van der Waals surface area (Å²) in [4.78, 5) is 36.1. The first-order valence-corrected chi connectivity index (χ1v) is 10.2. The van der Waals surface area contributed by atoms with Gasteiger partial charge in [-0.25, -0.2) is 0 Å². The van der Waals surface area contributed by atoms with E-state index >= 15 is 0 Å². The Morgan fingerprint density at radius 3 is 2.18 bits per heavy atom. The highest BCUT2D eigenvalue weighted by molar-refractivity contribution is 8.13. The number of nitrogens with one attached hydrogen (secondary N) is 1. The smallest absolute Gasteiger partial charge is 0.325 e. The molecule has 148 valence electrons. The number of ether oxygens (including phenoxy) is 1. The van der Waals surface area contributed by atoms with Crippen molar-refractivity contribution in [1.29, 1.82) is 0 Å². The van der Waals surface area contributed by atoms with Gasteiger partial charge in [-0.1, -0.05) is 79.3 Å². The zero-order valence-electron chi connectivity index (χ0n) is 15.9. The summed E-state index contributed by atoms with van der Waals surface area (Å²) in [5.41, 5.74) is 1.90. The molecule has 1 amide bonds. The summed E-state index contributed by atoms with van der Waals surface area (Å²) in [6, 6.07) is 19.0. The molecule has 0 heterocycles. The molecule has 0 spiro atoms. The Labute approximate surface area is 169 Å². The molecule has 0 aromatic heterocycles. The minimum atomic E-state index is -0.493. The molecule has 6 heteroatoms. The molecule has 0 radical (unpaired) electrons. The third-order valence-corrected chi connectivity index (χ3v) is 5.26. The van der Waals surface area contributed by atoms with Crippen molar-refractivity contribution in [3.63, 3.8) is 0 Å². The fourth-order valence-electron chi connectivity index (χ4n) is 2.51. The van der Waals surface area contributed by atoms with E-state index in [1.165, 1.54) is 0 Å². The van der Waals surface area contributed by atoms with Crippen molar-refractivity contribution < 1.29 is 19.1 Å². The molecule has 28 heavy (non-hydrogen) atoms. The average molecular weight is 400 g/mol. The number of hydrogen-bond donors (Lipinski definition) is 1. The highest BCUT2D eigenvalue weighted by Crippen LogP contribution is 2.17. The van der Waals surface area contributed by atoms with Gasteiger partial charge in [-0.2, -0.15) is 0 Å². The molecule has 0 fully saturated rings. The molecule has 0 saturated heterocycles. The van der Waals surface area contributed by atoms with Crippen LogP contribution in [0.1, 0.15) is 24.5 Å². The monoisotopic (exact) mass is 399 g/mol. The molecule has 0 unspecified atom stereocenters. The SMILES string of the molecule is CCC(=O)SC[C@H](Cc1ccccc1)C(=O)NCC(=O)OCc1ccccc1. The van der Waals surface area contributed by atoms with Crippen LogP contribution in [-0.4, -0.2) is 29.3 Å². The molecule has 2 aromatic rings. The van der Waals surface area contributed by atoms with Gasteiger partial charge < -0.3 is 10.1 Å². The molecule has 2 aromatic carbocycles. The first-order chi connectivity index (χ1) is 13.6. The number of hydrogen-bond acceptors (Lipinski definition) is 5. The molecular weight excluding hydrogens is 374 g/mol. The summed E-state index contributed by atoms with van der Waals surface area (Å²) >= 11 is 1.16. The summed E-state index contributed by atoms with van der Waals surface area (Å²) in [7, 11) is 0. The Hall–Kier alpha value is -2.60. The van der Waals surface area contributed by atoms with Crippen LogP contribution in [0.4, 0.5) is 0 Å². The van der Waals surface area contributed by atoms with Gasteiger partial charge in [0.1, 0.15) is 13.2 Å². The maximum absolute atomic E-state index is 12.6. The van der Waals surface area contributed by atoms with Gasteiger partial charge in [-0.15, -0.1) is 0 Å².